The molecule has 2 N–H and O–H groups in total. The summed E-state index contributed by atoms with van der Waals surface area (Å²) >= 11 is 0. The van der Waals surface area contributed by atoms with Crippen LogP contribution >= 0.6 is 0 Å². The van der Waals surface area contributed by atoms with Gasteiger partial charge in [-0.3, -0.25) is 19.7 Å². The average Bonchev–Trinajstić information content (AvgIpc) is 2.34. The largest absolute Gasteiger partial charge is 0.335 e. The van der Waals surface area contributed by atoms with Crippen molar-refractivity contribution in [2.45, 2.75) is 0 Å². The number of halogens is 1. The van der Waals surface area contributed by atoms with Crippen molar-refractivity contribution in [3.8, 4) is 6.07 Å². The molecule has 0 radical (unpaired) electrons. The predicted octanol–water partition coefficient (Wildman–Crippen LogP) is 0.312. The second kappa shape index (κ2) is 6.06. The molecule has 0 fully saturated rings. The molecule has 0 aliphatic carbocycles. The lowest BCUT2D eigenvalue weighted by molar-refractivity contribution is -0.385. The van der Waals surface area contributed by atoms with Crippen LogP contribution in [0.15, 0.2) is 18.2 Å². The number of non-ortho nitro benzene ring substituents is 1. The summed E-state index contributed by atoms with van der Waals surface area (Å²) in [6.45, 7) is -0.366. The molecule has 0 aliphatic heterocycles. The van der Waals surface area contributed by atoms with Gasteiger partial charge in [-0.2, -0.15) is 5.26 Å². The highest BCUT2D eigenvalue weighted by atomic mass is 19.1. The molecule has 0 heterocycles. The van der Waals surface area contributed by atoms with Crippen LogP contribution in [-0.2, 0) is 9.59 Å². The first-order chi connectivity index (χ1) is 8.93. The molecule has 0 atom stereocenters. The smallest absolute Gasteiger partial charge is 0.313 e. The Hall–Kier alpha value is -3.02. The summed E-state index contributed by atoms with van der Waals surface area (Å²) in [4.78, 5) is 32.0. The maximum absolute atomic E-state index is 13.0. The number of nitrogens with zero attached hydrogens (tertiary/aromatic N) is 2. The van der Waals surface area contributed by atoms with Gasteiger partial charge in [0.25, 0.3) is 5.69 Å². The number of nitriles is 1. The zero-order valence-electron chi connectivity index (χ0n) is 9.34. The molecule has 9 heteroatoms. The van der Waals surface area contributed by atoms with E-state index in [9.17, 15) is 24.1 Å². The van der Waals surface area contributed by atoms with Crippen LogP contribution in [0, 0.1) is 27.3 Å². The third-order valence-corrected chi connectivity index (χ3v) is 1.89. The fourth-order valence-electron chi connectivity index (χ4n) is 1.14. The highest BCUT2D eigenvalue weighted by molar-refractivity contribution is 6.39. The molecule has 0 unspecified atom stereocenters. The number of amides is 2. The number of hydrogen-bond acceptors (Lipinski definition) is 5. The number of nitro benzene ring substituents is 1. The molecule has 98 valence electrons. The summed E-state index contributed by atoms with van der Waals surface area (Å²) in [6, 6.07) is 3.98. The number of hydrogen-bond donors (Lipinski definition) is 2. The Morgan fingerprint density at radius 2 is 2.05 bits per heavy atom. The Kier molecular flexibility index (Phi) is 4.48. The molecule has 1 rings (SSSR count). The molecule has 1 aromatic rings. The van der Waals surface area contributed by atoms with E-state index >= 15 is 0 Å². The van der Waals surface area contributed by atoms with Gasteiger partial charge in [0.2, 0.25) is 0 Å². The lowest BCUT2D eigenvalue weighted by Gasteiger charge is -2.04. The normalized spacial score (nSPS) is 9.26. The van der Waals surface area contributed by atoms with E-state index in [4.69, 9.17) is 5.26 Å². The highest BCUT2D eigenvalue weighted by Crippen LogP contribution is 2.19. The van der Waals surface area contributed by atoms with Gasteiger partial charge in [0.15, 0.2) is 0 Å². The van der Waals surface area contributed by atoms with E-state index in [1.807, 2.05) is 10.6 Å². The number of carbonyl (C=O) groups is 2. The van der Waals surface area contributed by atoms with Crippen molar-refractivity contribution in [2.24, 2.45) is 0 Å². The monoisotopic (exact) mass is 266 g/mol. The SMILES string of the molecule is N#CCNC(=O)C(=O)Nc1cc(F)cc([N+](=O)[O-])c1. The first-order valence-electron chi connectivity index (χ1n) is 4.85. The van der Waals surface area contributed by atoms with Gasteiger partial charge in [0, 0.05) is 6.07 Å². The molecule has 8 nitrogen and oxygen atoms in total. The zero-order chi connectivity index (χ0) is 14.4. The summed E-state index contributed by atoms with van der Waals surface area (Å²) < 4.78 is 13.0. The van der Waals surface area contributed by atoms with E-state index in [2.05, 4.69) is 0 Å². The third-order valence-electron chi connectivity index (χ3n) is 1.89. The summed E-state index contributed by atoms with van der Waals surface area (Å²) in [5, 5.41) is 22.6. The Morgan fingerprint density at radius 3 is 2.63 bits per heavy atom. The van der Waals surface area contributed by atoms with Crippen molar-refractivity contribution in [2.75, 3.05) is 11.9 Å². The average molecular weight is 266 g/mol. The van der Waals surface area contributed by atoms with Crippen molar-refractivity contribution in [3.63, 3.8) is 0 Å². The van der Waals surface area contributed by atoms with Gasteiger partial charge in [0.1, 0.15) is 12.4 Å². The molecule has 1 aromatic carbocycles. The van der Waals surface area contributed by atoms with Crippen LogP contribution < -0.4 is 10.6 Å². The van der Waals surface area contributed by atoms with Gasteiger partial charge >= 0.3 is 11.8 Å². The standard InChI is InChI=1S/C10H7FN4O4/c11-6-3-7(5-8(4-6)15(18)19)14-10(17)9(16)13-2-1-12/h3-5H,2H2,(H,13,16)(H,14,17). The maximum atomic E-state index is 13.0. The lowest BCUT2D eigenvalue weighted by Crippen LogP contribution is -2.35. The van der Waals surface area contributed by atoms with Crippen molar-refractivity contribution in [1.82, 2.24) is 5.32 Å². The minimum atomic E-state index is -1.16. The zero-order valence-corrected chi connectivity index (χ0v) is 9.34. The van der Waals surface area contributed by atoms with Gasteiger partial charge < -0.3 is 10.6 Å². The molecule has 19 heavy (non-hydrogen) atoms. The van der Waals surface area contributed by atoms with Crippen molar-refractivity contribution in [1.29, 1.82) is 5.26 Å². The molecule has 0 saturated heterocycles. The molecule has 0 aliphatic rings. The van der Waals surface area contributed by atoms with Gasteiger partial charge in [0.05, 0.1) is 22.7 Å². The second-order valence-corrected chi connectivity index (χ2v) is 3.25. The molecule has 0 bridgehead atoms. The Bertz CT molecular complexity index is 581. The highest BCUT2D eigenvalue weighted by Gasteiger charge is 2.16. The Labute approximate surface area is 106 Å². The van der Waals surface area contributed by atoms with Gasteiger partial charge in [-0.15, -0.1) is 0 Å². The molecule has 0 spiro atoms. The van der Waals surface area contributed by atoms with E-state index in [0.29, 0.717) is 6.07 Å². The van der Waals surface area contributed by atoms with E-state index in [1.165, 1.54) is 0 Å². The Morgan fingerprint density at radius 1 is 1.37 bits per heavy atom. The summed E-state index contributed by atoms with van der Waals surface area (Å²) in [7, 11) is 0. The quantitative estimate of drug-likeness (QED) is 0.352. The first-order valence-corrected chi connectivity index (χ1v) is 4.85. The molecule has 0 aromatic heterocycles. The fraction of sp³-hybridized carbons (Fsp3) is 0.100. The molecular formula is C10H7FN4O4. The predicted molar refractivity (Wildman–Crippen MR) is 60.3 cm³/mol. The van der Waals surface area contributed by atoms with E-state index in [-0.39, 0.29) is 12.2 Å². The van der Waals surface area contributed by atoms with Crippen LogP contribution in [0.3, 0.4) is 0 Å². The van der Waals surface area contributed by atoms with Crippen molar-refractivity contribution in [3.05, 3.63) is 34.1 Å². The van der Waals surface area contributed by atoms with Crippen LogP contribution in [0.1, 0.15) is 0 Å². The van der Waals surface area contributed by atoms with E-state index in [1.54, 1.807) is 6.07 Å². The van der Waals surface area contributed by atoms with Gasteiger partial charge in [-0.05, 0) is 6.07 Å². The van der Waals surface area contributed by atoms with Crippen molar-refractivity contribution >= 4 is 23.2 Å². The van der Waals surface area contributed by atoms with Gasteiger partial charge in [-0.25, -0.2) is 4.39 Å². The number of anilines is 1. The number of carbonyl (C=O) groups excluding carboxylic acids is 2. The number of nitro groups is 1. The summed E-state index contributed by atoms with van der Waals surface area (Å²) in [5.74, 6) is -3.19. The maximum Gasteiger partial charge on any atom is 0.313 e. The van der Waals surface area contributed by atoms with Crippen LogP contribution in [-0.4, -0.2) is 23.3 Å². The van der Waals surface area contributed by atoms with E-state index < -0.39 is 28.2 Å². The Balaban J connectivity index is 2.82. The van der Waals surface area contributed by atoms with Crippen LogP contribution in [0.4, 0.5) is 15.8 Å². The minimum absolute atomic E-state index is 0.233. The topological polar surface area (TPSA) is 125 Å². The third kappa shape index (κ3) is 4.04. The number of rotatable bonds is 3. The van der Waals surface area contributed by atoms with Crippen LogP contribution in [0.25, 0.3) is 0 Å². The number of nitrogens with one attached hydrogen (secondary N) is 2. The fourth-order valence-corrected chi connectivity index (χ4v) is 1.14. The van der Waals surface area contributed by atoms with Crippen molar-refractivity contribution < 1.29 is 18.9 Å². The minimum Gasteiger partial charge on any atom is -0.335 e. The molecular weight excluding hydrogens is 259 g/mol. The molecule has 2 amide bonds. The lowest BCUT2D eigenvalue weighted by atomic mass is 10.2. The van der Waals surface area contributed by atoms with E-state index in [0.717, 1.165) is 12.1 Å². The van der Waals surface area contributed by atoms with Crippen LogP contribution in [0.5, 0.6) is 0 Å². The van der Waals surface area contributed by atoms with Gasteiger partial charge in [-0.1, -0.05) is 0 Å². The number of benzene rings is 1. The second-order valence-electron chi connectivity index (χ2n) is 3.25. The molecule has 0 saturated carbocycles. The summed E-state index contributed by atoms with van der Waals surface area (Å²) in [6.07, 6.45) is 0. The first kappa shape index (κ1) is 14.0. The van der Waals surface area contributed by atoms with Crippen LogP contribution in [0.2, 0.25) is 0 Å². The summed E-state index contributed by atoms with van der Waals surface area (Å²) in [5.41, 5.74) is -0.795.